The number of halogens is 3. The molecule has 4 aromatic rings. The van der Waals surface area contributed by atoms with Crippen molar-refractivity contribution < 1.29 is 34.7 Å². The number of hydrogen-bond acceptors (Lipinski definition) is 8. The maximum Gasteiger partial charge on any atom is 0.387 e. The molecule has 0 radical (unpaired) electrons. The maximum absolute atomic E-state index is 13.8. The van der Waals surface area contributed by atoms with Crippen LogP contribution < -0.4 is 9.04 Å². The van der Waals surface area contributed by atoms with Crippen molar-refractivity contribution in [2.45, 2.75) is 37.3 Å². The molecule has 0 aliphatic heterocycles. The molecule has 0 bridgehead atoms. The first-order chi connectivity index (χ1) is 18.6. The summed E-state index contributed by atoms with van der Waals surface area (Å²) < 4.78 is 97.7. The van der Waals surface area contributed by atoms with Gasteiger partial charge in [-0.2, -0.15) is 8.78 Å². The Morgan fingerprint density at radius 3 is 2.23 bits per heavy atom. The third-order valence-corrected chi connectivity index (χ3v) is 8.87. The Hall–Kier alpha value is -3.72. The Balaban J connectivity index is 1.91. The van der Waals surface area contributed by atoms with Crippen molar-refractivity contribution in [3.63, 3.8) is 0 Å². The van der Waals surface area contributed by atoms with Crippen LogP contribution in [0.25, 0.3) is 22.3 Å². The van der Waals surface area contributed by atoms with E-state index in [1.54, 1.807) is 13.8 Å². The van der Waals surface area contributed by atoms with E-state index in [1.807, 2.05) is 0 Å². The van der Waals surface area contributed by atoms with E-state index in [4.69, 9.17) is 0 Å². The van der Waals surface area contributed by atoms with Gasteiger partial charge in [0.25, 0.3) is 0 Å². The fraction of sp³-hybridized carbons (Fsp3) is 0.320. The zero-order valence-electron chi connectivity index (χ0n) is 22.1. The highest BCUT2D eigenvalue weighted by Gasteiger charge is 2.30. The average Bonchev–Trinajstić information content (AvgIpc) is 3.19. The van der Waals surface area contributed by atoms with Crippen molar-refractivity contribution in [3.8, 4) is 17.0 Å². The summed E-state index contributed by atoms with van der Waals surface area (Å²) in [6.07, 6.45) is 0.977. The molecule has 0 saturated carbocycles. The first-order valence-electron chi connectivity index (χ1n) is 11.8. The van der Waals surface area contributed by atoms with Crippen LogP contribution in [-0.4, -0.2) is 56.3 Å². The second-order valence-corrected chi connectivity index (χ2v) is 13.3. The monoisotopic (exact) mass is 597 g/mol. The lowest BCUT2D eigenvalue weighted by Crippen LogP contribution is -2.28. The van der Waals surface area contributed by atoms with Gasteiger partial charge in [-0.3, -0.25) is 0 Å². The number of sulfonamides is 1. The molecule has 0 N–H and O–H groups in total. The van der Waals surface area contributed by atoms with Gasteiger partial charge in [0.1, 0.15) is 11.6 Å². The van der Waals surface area contributed by atoms with E-state index in [0.717, 1.165) is 10.6 Å². The summed E-state index contributed by atoms with van der Waals surface area (Å²) in [6.45, 7) is 0.464. The van der Waals surface area contributed by atoms with Gasteiger partial charge in [-0.25, -0.2) is 40.5 Å². The lowest BCUT2D eigenvalue weighted by Gasteiger charge is -2.21. The Labute approximate surface area is 229 Å². The number of ether oxygens (including phenoxy) is 1. The number of hydrogen-bond donors (Lipinski definition) is 0. The Morgan fingerprint density at radius 1 is 1.00 bits per heavy atom. The van der Waals surface area contributed by atoms with Crippen molar-refractivity contribution in [2.24, 2.45) is 7.05 Å². The third kappa shape index (κ3) is 5.89. The van der Waals surface area contributed by atoms with Crippen molar-refractivity contribution in [1.29, 1.82) is 0 Å². The van der Waals surface area contributed by atoms with Gasteiger partial charge < -0.3 is 9.30 Å². The van der Waals surface area contributed by atoms with Crippen LogP contribution in [0.4, 0.5) is 19.1 Å². The van der Waals surface area contributed by atoms with Crippen LogP contribution in [0.5, 0.6) is 5.75 Å². The van der Waals surface area contributed by atoms with Crippen LogP contribution in [0, 0.1) is 5.82 Å². The maximum atomic E-state index is 13.8. The van der Waals surface area contributed by atoms with E-state index in [2.05, 4.69) is 19.7 Å². The molecule has 2 aromatic heterocycles. The zero-order valence-corrected chi connectivity index (χ0v) is 23.8. The van der Waals surface area contributed by atoms with Crippen molar-refractivity contribution in [1.82, 2.24) is 19.5 Å². The highest BCUT2D eigenvalue weighted by atomic mass is 32.2. The molecule has 40 heavy (non-hydrogen) atoms. The van der Waals surface area contributed by atoms with E-state index < -0.39 is 38.0 Å². The molecule has 0 spiro atoms. The summed E-state index contributed by atoms with van der Waals surface area (Å²) in [5.41, 5.74) is 1.40. The molecule has 0 aliphatic rings. The summed E-state index contributed by atoms with van der Waals surface area (Å²) in [6, 6.07) is 9.05. The molecule has 0 atom stereocenters. The summed E-state index contributed by atoms with van der Waals surface area (Å²) in [5.74, 6) is -1.86. The fourth-order valence-electron chi connectivity index (χ4n) is 4.10. The topological polar surface area (TPSA) is 124 Å². The van der Waals surface area contributed by atoms with Crippen LogP contribution in [-0.2, 0) is 32.7 Å². The molecule has 10 nitrogen and oxygen atoms in total. The van der Waals surface area contributed by atoms with Gasteiger partial charge in [0.05, 0.1) is 34.4 Å². The molecule has 0 saturated heterocycles. The fourth-order valence-corrected chi connectivity index (χ4v) is 6.03. The Kier molecular flexibility index (Phi) is 7.82. The van der Waals surface area contributed by atoms with Gasteiger partial charge in [-0.05, 0) is 42.3 Å². The molecule has 0 amide bonds. The number of imidazole rings is 1. The first-order valence-corrected chi connectivity index (χ1v) is 15.3. The third-order valence-electron chi connectivity index (χ3n) is 6.12. The second-order valence-electron chi connectivity index (χ2n) is 9.37. The number of alkyl halides is 2. The van der Waals surface area contributed by atoms with Crippen LogP contribution in [0.15, 0.2) is 47.6 Å². The minimum Gasteiger partial charge on any atom is -0.435 e. The predicted molar refractivity (Wildman–Crippen MR) is 143 cm³/mol. The molecule has 15 heteroatoms. The largest absolute Gasteiger partial charge is 0.435 e. The van der Waals surface area contributed by atoms with Gasteiger partial charge in [-0.1, -0.05) is 13.8 Å². The van der Waals surface area contributed by atoms with Crippen LogP contribution in [0.2, 0.25) is 0 Å². The van der Waals surface area contributed by atoms with Crippen molar-refractivity contribution >= 4 is 36.8 Å². The van der Waals surface area contributed by atoms with Crippen LogP contribution >= 0.6 is 0 Å². The van der Waals surface area contributed by atoms with Crippen LogP contribution in [0.3, 0.4) is 0 Å². The Morgan fingerprint density at radius 2 is 1.65 bits per heavy atom. The van der Waals surface area contributed by atoms with Gasteiger partial charge in [0, 0.05) is 31.3 Å². The van der Waals surface area contributed by atoms with E-state index >= 15 is 0 Å². The lowest BCUT2D eigenvalue weighted by atomic mass is 9.99. The van der Waals surface area contributed by atoms with Gasteiger partial charge >= 0.3 is 6.61 Å². The predicted octanol–water partition coefficient (Wildman–Crippen LogP) is 4.26. The minimum absolute atomic E-state index is 0.110. The molecule has 214 valence electrons. The highest BCUT2D eigenvalue weighted by molar-refractivity contribution is 7.92. The zero-order chi connectivity index (χ0) is 29.6. The molecule has 0 aliphatic carbocycles. The molecular weight excluding hydrogens is 571 g/mol. The highest BCUT2D eigenvalue weighted by Crippen LogP contribution is 2.34. The lowest BCUT2D eigenvalue weighted by molar-refractivity contribution is -0.0497. The average molecular weight is 598 g/mol. The molecule has 2 aromatic carbocycles. The number of nitrogens with zero attached hydrogens (tertiary/aromatic N) is 5. The van der Waals surface area contributed by atoms with E-state index in [-0.39, 0.29) is 50.8 Å². The number of fused-ring (bicyclic) bond motifs is 1. The number of anilines is 1. The summed E-state index contributed by atoms with van der Waals surface area (Å²) in [4.78, 5) is 13.0. The second kappa shape index (κ2) is 10.7. The molecule has 4 rings (SSSR count). The number of benzene rings is 2. The number of sulfone groups is 1. The smallest absolute Gasteiger partial charge is 0.387 e. The van der Waals surface area contributed by atoms with E-state index in [9.17, 15) is 30.0 Å². The first kappa shape index (κ1) is 29.3. The molecule has 0 fully saturated rings. The number of aryl methyl sites for hydroxylation is 1. The van der Waals surface area contributed by atoms with E-state index in [1.165, 1.54) is 61.1 Å². The normalized spacial score (nSPS) is 12.4. The number of aromatic nitrogens is 4. The summed E-state index contributed by atoms with van der Waals surface area (Å²) in [7, 11) is -5.29. The molecule has 2 heterocycles. The van der Waals surface area contributed by atoms with Gasteiger partial charge in [0.2, 0.25) is 31.0 Å². The molecule has 0 unspecified atom stereocenters. The van der Waals surface area contributed by atoms with Crippen molar-refractivity contribution in [2.75, 3.05) is 17.6 Å². The van der Waals surface area contributed by atoms with Gasteiger partial charge in [0.15, 0.2) is 0 Å². The van der Waals surface area contributed by atoms with Crippen molar-refractivity contribution in [3.05, 3.63) is 59.5 Å². The number of rotatable bonds is 9. The Bertz CT molecular complexity index is 1790. The molecular formula is C25H26F3N5O5S2. The SMILES string of the molecule is CC(C)c1nc(N(C)S(C)(=O)=O)nc(-c2ccc(F)cc2)c1CS(=O)(=O)c1nc2ccc(OC(F)F)cc2n1C. The quantitative estimate of drug-likeness (QED) is 0.280. The standard InChI is InChI=1S/C25H26F3N5O5S2/c1-14(2)21-18(22(15-6-8-16(26)9-7-15)31-24(30-21)33(4)39(5,34)35)13-40(36,37)25-29-19-11-10-17(38-23(27)28)12-20(19)32(25)3/h6-12,14,23H,13H2,1-5H3. The summed E-state index contributed by atoms with van der Waals surface area (Å²) >= 11 is 0. The minimum atomic E-state index is -4.22. The van der Waals surface area contributed by atoms with Gasteiger partial charge in [-0.15, -0.1) is 0 Å². The van der Waals surface area contributed by atoms with E-state index in [0.29, 0.717) is 5.56 Å². The summed E-state index contributed by atoms with van der Waals surface area (Å²) in [5, 5.41) is -0.339. The van der Waals surface area contributed by atoms with Crippen LogP contribution in [0.1, 0.15) is 31.0 Å².